The molecule has 28 heteroatoms. The maximum absolute atomic E-state index is 14.6. The highest BCUT2D eigenvalue weighted by Crippen LogP contribution is 2.63. The number of carbonyl (C=O) groups excluding carboxylic acids is 2. The second-order valence-electron chi connectivity index (χ2n) is 20.1. The van der Waals surface area contributed by atoms with E-state index in [2.05, 4.69) is 23.1 Å². The van der Waals surface area contributed by atoms with Crippen LogP contribution in [0.4, 0.5) is 40.3 Å². The Kier molecular flexibility index (Phi) is 12.5. The summed E-state index contributed by atoms with van der Waals surface area (Å²) < 4.78 is 96.5. The molecule has 5 aliphatic rings. The Labute approximate surface area is 532 Å². The number of benzene rings is 5. The van der Waals surface area contributed by atoms with Crippen LogP contribution in [0.15, 0.2) is 119 Å². The van der Waals surface area contributed by atoms with Crippen molar-refractivity contribution in [1.29, 1.82) is 15.8 Å². The van der Waals surface area contributed by atoms with Gasteiger partial charge >= 0.3 is 0 Å². The number of thiophene rings is 4. The molecule has 0 atom stereocenters. The second kappa shape index (κ2) is 20.5. The predicted molar refractivity (Wildman–Crippen MR) is 342 cm³/mol. The maximum atomic E-state index is 14.6. The molecule has 0 saturated heterocycles. The van der Waals surface area contributed by atoms with E-state index < -0.39 is 46.1 Å². The number of halogens is 4. The predicted octanol–water partition coefficient (Wildman–Crippen LogP) is 18.1. The summed E-state index contributed by atoms with van der Waals surface area (Å²) in [6.07, 6.45) is 4.86. The molecule has 0 fully saturated rings. The molecule has 2 aliphatic heterocycles. The van der Waals surface area contributed by atoms with Gasteiger partial charge in [0.1, 0.15) is 74.0 Å². The Morgan fingerprint density at radius 2 is 0.911 bits per heavy atom. The van der Waals surface area contributed by atoms with Crippen LogP contribution in [0.3, 0.4) is 0 Å². The van der Waals surface area contributed by atoms with Crippen LogP contribution in [0.25, 0.3) is 113 Å². The monoisotopic (exact) mass is 1330 g/mol. The molecule has 0 spiro atoms. The molecule has 8 heterocycles. The van der Waals surface area contributed by atoms with Gasteiger partial charge in [0, 0.05) is 75.2 Å². The number of nitrogens with zero attached hydrogens (tertiary/aromatic N) is 12. The van der Waals surface area contributed by atoms with Gasteiger partial charge in [-0.1, -0.05) is 30.3 Å². The van der Waals surface area contributed by atoms with Crippen LogP contribution in [-0.4, -0.2) is 39.3 Å². The average Bonchev–Trinajstić information content (AvgIpc) is 1.56. The highest BCUT2D eigenvalue weighted by atomic mass is 32.1. The number of carbonyl (C=O) groups is 2. The molecule has 11 aromatic rings. The summed E-state index contributed by atoms with van der Waals surface area (Å²) in [6.45, 7) is 7.67. The van der Waals surface area contributed by atoms with Crippen molar-refractivity contribution in [3.8, 4) is 81.2 Å². The lowest BCUT2D eigenvalue weighted by Crippen LogP contribution is -1.97. The van der Waals surface area contributed by atoms with Gasteiger partial charge in [-0.15, -0.1) is 45.3 Å². The van der Waals surface area contributed by atoms with Crippen LogP contribution in [0.1, 0.15) is 58.3 Å². The molecule has 426 valence electrons. The lowest BCUT2D eigenvalue weighted by Gasteiger charge is -2.10. The van der Waals surface area contributed by atoms with Crippen molar-refractivity contribution in [2.45, 2.75) is 0 Å². The summed E-state index contributed by atoms with van der Waals surface area (Å²) in [6, 6.07) is 25.2. The summed E-state index contributed by atoms with van der Waals surface area (Å²) in [5.74, 6) is -6.97. The molecule has 0 bridgehead atoms. The zero-order valence-electron chi connectivity index (χ0n) is 44.1. The molecule has 0 unspecified atom stereocenters. The Balaban J connectivity index is 0.802. The van der Waals surface area contributed by atoms with Crippen molar-refractivity contribution in [2.24, 2.45) is 17.5 Å². The second-order valence-corrected chi connectivity index (χ2v) is 26.5. The van der Waals surface area contributed by atoms with E-state index in [-0.39, 0.29) is 56.0 Å². The van der Waals surface area contributed by atoms with Crippen molar-refractivity contribution >= 4 is 183 Å². The fourth-order valence-corrected chi connectivity index (χ4v) is 18.5. The van der Waals surface area contributed by atoms with Crippen molar-refractivity contribution < 1.29 is 37.4 Å². The Bertz CT molecular complexity index is 5470. The lowest BCUT2D eigenvalue weighted by molar-refractivity contribution is 0.103. The van der Waals surface area contributed by atoms with Crippen LogP contribution >= 0.6 is 68.8 Å². The minimum atomic E-state index is -1.28. The normalized spacial score (nSPS) is 15.7. The summed E-state index contributed by atoms with van der Waals surface area (Å²) >= 11 is 8.99. The smallest absolute Gasteiger partial charge is 0.270 e. The molecule has 0 saturated carbocycles. The fourth-order valence-electron chi connectivity index (χ4n) is 11.5. The van der Waals surface area contributed by atoms with Crippen LogP contribution in [-0.2, 0) is 22.7 Å². The number of rotatable bonds is 7. The third-order valence-electron chi connectivity index (χ3n) is 15.3. The van der Waals surface area contributed by atoms with Crippen molar-refractivity contribution in [3.05, 3.63) is 185 Å². The van der Waals surface area contributed by atoms with Crippen molar-refractivity contribution in [1.82, 2.24) is 17.5 Å². The van der Waals surface area contributed by atoms with Gasteiger partial charge in [0.2, 0.25) is 0 Å². The van der Waals surface area contributed by atoms with E-state index in [1.165, 1.54) is 47.0 Å². The molecule has 16 nitrogen and oxygen atoms in total. The first kappa shape index (κ1) is 54.9. The number of aromatic hydroxyl groups is 2. The Morgan fingerprint density at radius 1 is 0.489 bits per heavy atom. The number of nitriles is 3. The molecular weight excluding hydrogens is 1310 g/mol. The van der Waals surface area contributed by atoms with Gasteiger partial charge in [0.05, 0.1) is 89.4 Å². The minimum Gasteiger partial charge on any atom is -0.506 e. The number of Topliss-reactive ketones (excluding diaryl/α,β-unsaturated/α-hetero) is 2. The maximum Gasteiger partial charge on any atom is 0.270 e. The minimum absolute atomic E-state index is 0.0978. The van der Waals surface area contributed by atoms with E-state index in [1.807, 2.05) is 30.3 Å². The molecule has 0 amide bonds. The highest BCUT2D eigenvalue weighted by molar-refractivity contribution is 7.58. The Morgan fingerprint density at radius 3 is 1.36 bits per heavy atom. The van der Waals surface area contributed by atoms with Gasteiger partial charge < -0.3 is 10.2 Å². The number of ketones is 2. The van der Waals surface area contributed by atoms with E-state index >= 15 is 0 Å². The summed E-state index contributed by atoms with van der Waals surface area (Å²) in [5, 5.41) is 53.2. The highest BCUT2D eigenvalue weighted by Gasteiger charge is 2.39. The Hall–Kier alpha value is -10.5. The standard InChI is InChI=1S/C62H18F4N12O4S8/c1-70-38(20-69)44-27-13-35(64)37(66)15-29(27)58(82)33(44)9-24-11-40(80)62(84-24)48-55-51(73-89-77-55)46(52-56(48)78-90-74-52)42-17-31-25(7-21-5-3-2-4-6-21)30-16-41(85-59(30)60(31)86-42)45-49-53(75-87-71-49)47(54-50(45)72-88-76-54)61-39(79)10-23(83-61)8-32-43(22(18-67)19-68)26-12-34(63)36(65)14-28(26)57(32)81/h2-17,79-80H/b25-7-,32-8-,33-9-,44-38?. The molecule has 2 N–H and O–H groups in total. The zero-order chi connectivity index (χ0) is 61.7. The first-order valence-corrected chi connectivity index (χ1v) is 32.1. The summed E-state index contributed by atoms with van der Waals surface area (Å²) in [7, 11) is 0. The van der Waals surface area contributed by atoms with E-state index in [1.54, 1.807) is 18.2 Å². The van der Waals surface area contributed by atoms with Gasteiger partial charge in [-0.25, -0.2) is 27.7 Å². The van der Waals surface area contributed by atoms with Crippen LogP contribution in [0.5, 0.6) is 11.5 Å². The van der Waals surface area contributed by atoms with E-state index in [4.69, 9.17) is 41.5 Å². The molecule has 5 aromatic carbocycles. The quantitative estimate of drug-likeness (QED) is 0.0657. The van der Waals surface area contributed by atoms with E-state index in [0.29, 0.717) is 86.6 Å². The summed E-state index contributed by atoms with van der Waals surface area (Å²) in [5.41, 5.74) is 7.17. The molecule has 6 aromatic heterocycles. The van der Waals surface area contributed by atoms with Gasteiger partial charge in [-0.2, -0.15) is 45.5 Å². The first-order chi connectivity index (χ1) is 43.7. The SMILES string of the molecule is [C-]#[N+]C(C#N)=C1/C(=C/c2cc(O)c(-c3c4c(c(-c5cc6c(s5)-c5sc(-c7c8c(c(-c9sc(/C=C%10\C(=O)c%11cc(F)c(F)cc%11C%10=C(C#N)C#N)cc9O)c9nsnc79)N=S=N8)cc5/C6=C/c5ccccc5)c5nsnc35)N=S=N4)s2)C(=O)c2cc(F)c(F)cc21. The average molecular weight is 1330 g/mol. The topological polar surface area (TPSA) is 251 Å². The van der Waals surface area contributed by atoms with Gasteiger partial charge in [0.15, 0.2) is 34.8 Å². The molecule has 3 aliphatic carbocycles. The lowest BCUT2D eigenvalue weighted by atomic mass is 9.97. The largest absolute Gasteiger partial charge is 0.506 e. The number of hydrogen-bond donors (Lipinski definition) is 2. The van der Waals surface area contributed by atoms with Crippen LogP contribution in [0, 0.1) is 63.8 Å². The van der Waals surface area contributed by atoms with Gasteiger partial charge in [-0.3, -0.25) is 9.59 Å². The van der Waals surface area contributed by atoms with Gasteiger partial charge in [0.25, 0.3) is 5.70 Å². The third kappa shape index (κ3) is 8.04. The molecular formula is C62H18F4N12O4S8. The van der Waals surface area contributed by atoms with E-state index in [9.17, 15) is 53.1 Å². The molecule has 0 radical (unpaired) electrons. The molecule has 16 rings (SSSR count). The number of fused-ring (bicyclic) bond motifs is 9. The van der Waals surface area contributed by atoms with E-state index in [0.717, 1.165) is 135 Å². The van der Waals surface area contributed by atoms with Crippen molar-refractivity contribution in [2.75, 3.05) is 0 Å². The first-order valence-electron chi connectivity index (χ1n) is 25.9. The third-order valence-corrected chi connectivity index (χ3v) is 22.1. The zero-order valence-corrected chi connectivity index (χ0v) is 50.6. The fraction of sp³-hybridized carbons (Fsp3) is 0. The van der Waals surface area contributed by atoms with Crippen molar-refractivity contribution in [3.63, 3.8) is 0 Å². The number of allylic oxidation sites excluding steroid dienone is 6. The number of hydrogen-bond acceptors (Lipinski definition) is 21. The summed E-state index contributed by atoms with van der Waals surface area (Å²) in [4.78, 5) is 35.6. The number of aromatic nitrogens is 4. The van der Waals surface area contributed by atoms with Crippen LogP contribution < -0.4 is 0 Å². The van der Waals surface area contributed by atoms with Gasteiger partial charge in [-0.05, 0) is 89.0 Å². The van der Waals surface area contributed by atoms with Crippen LogP contribution in [0.2, 0.25) is 0 Å². The molecule has 90 heavy (non-hydrogen) atoms.